The predicted molar refractivity (Wildman–Crippen MR) is 166 cm³/mol. The van der Waals surface area contributed by atoms with E-state index in [1.54, 1.807) is 30.3 Å². The summed E-state index contributed by atoms with van der Waals surface area (Å²) in [6, 6.07) is 23.5. The molecule has 37 heavy (non-hydrogen) atoms. The molecule has 6 nitrogen and oxygen atoms in total. The van der Waals surface area contributed by atoms with Gasteiger partial charge < -0.3 is 20.8 Å². The summed E-state index contributed by atoms with van der Waals surface area (Å²) >= 11 is 10.4. The molecule has 0 fully saturated rings. The Balaban J connectivity index is 0.000000206. The van der Waals surface area contributed by atoms with Gasteiger partial charge >= 0.3 is 11.9 Å². The highest BCUT2D eigenvalue weighted by atomic mass is 127. The molecular formula is C28H23ClI2N2O4. The Hall–Kier alpha value is -2.83. The van der Waals surface area contributed by atoms with Crippen LogP contribution in [0.15, 0.2) is 78.9 Å². The van der Waals surface area contributed by atoms with Gasteiger partial charge in [0.15, 0.2) is 0 Å². The number of rotatable bonds is 6. The van der Waals surface area contributed by atoms with Gasteiger partial charge in [0.1, 0.15) is 0 Å². The van der Waals surface area contributed by atoms with Crippen LogP contribution in [0, 0.1) is 21.0 Å². The standard InChI is InChI=1S/C14H11ClINO2.C14H12INO2/c1-8-6-10(16)3-5-12(8)17-13-7-9(15)2-4-11(13)14(18)19;1-9-8-10(15)6-7-12(9)16-13-5-3-2-4-11(13)14(17)18/h2-7,17H,1H3,(H,18,19);2-8,16H,1H3,(H,17,18). The first-order valence-corrected chi connectivity index (χ1v) is 13.5. The van der Waals surface area contributed by atoms with Gasteiger partial charge in [-0.1, -0.05) is 23.7 Å². The van der Waals surface area contributed by atoms with E-state index in [9.17, 15) is 9.59 Å². The third kappa shape index (κ3) is 8.08. The van der Waals surface area contributed by atoms with Crippen molar-refractivity contribution in [2.45, 2.75) is 13.8 Å². The molecule has 0 amide bonds. The average Bonchev–Trinajstić information content (AvgIpc) is 2.83. The number of carboxylic acids is 2. The minimum atomic E-state index is -0.984. The molecule has 4 rings (SSSR count). The smallest absolute Gasteiger partial charge is 0.337 e. The van der Waals surface area contributed by atoms with Gasteiger partial charge in [0.25, 0.3) is 0 Å². The molecule has 0 radical (unpaired) electrons. The zero-order chi connectivity index (χ0) is 27.1. The molecule has 4 aromatic rings. The van der Waals surface area contributed by atoms with E-state index in [-0.39, 0.29) is 11.1 Å². The number of anilines is 4. The van der Waals surface area contributed by atoms with Crippen molar-refractivity contribution in [3.05, 3.63) is 113 Å². The second-order valence-electron chi connectivity index (χ2n) is 8.01. The van der Waals surface area contributed by atoms with Crippen LogP contribution >= 0.6 is 56.8 Å². The number of hydrogen-bond acceptors (Lipinski definition) is 4. The normalized spacial score (nSPS) is 10.2. The lowest BCUT2D eigenvalue weighted by molar-refractivity contribution is 0.0687. The third-order valence-electron chi connectivity index (χ3n) is 5.29. The maximum absolute atomic E-state index is 11.2. The number of benzene rings is 4. The van der Waals surface area contributed by atoms with Crippen LogP contribution in [0.5, 0.6) is 0 Å². The second kappa shape index (κ2) is 13.1. The van der Waals surface area contributed by atoms with Crippen molar-refractivity contribution in [2.24, 2.45) is 0 Å². The van der Waals surface area contributed by atoms with E-state index in [1.165, 1.54) is 6.07 Å². The first-order valence-electron chi connectivity index (χ1n) is 11.0. The highest BCUT2D eigenvalue weighted by Gasteiger charge is 2.12. The number of carboxylic acid groups (broad SMARTS) is 2. The summed E-state index contributed by atoms with van der Waals surface area (Å²) in [4.78, 5) is 22.3. The minimum Gasteiger partial charge on any atom is -0.478 e. The molecule has 0 saturated carbocycles. The van der Waals surface area contributed by atoms with Crippen LogP contribution in [0.4, 0.5) is 22.7 Å². The van der Waals surface area contributed by atoms with Crippen LogP contribution in [0.25, 0.3) is 0 Å². The molecule has 190 valence electrons. The van der Waals surface area contributed by atoms with Crippen LogP contribution in [0.1, 0.15) is 31.8 Å². The van der Waals surface area contributed by atoms with E-state index in [4.69, 9.17) is 21.8 Å². The number of para-hydroxylation sites is 1. The molecule has 0 aliphatic carbocycles. The summed E-state index contributed by atoms with van der Waals surface area (Å²) in [5.74, 6) is -1.91. The lowest BCUT2D eigenvalue weighted by Crippen LogP contribution is -2.03. The van der Waals surface area contributed by atoms with Gasteiger partial charge in [0.05, 0.1) is 22.5 Å². The number of aryl methyl sites for hydroxylation is 2. The Kier molecular flexibility index (Phi) is 10.2. The molecule has 9 heteroatoms. The molecule has 0 atom stereocenters. The largest absolute Gasteiger partial charge is 0.478 e. The van der Waals surface area contributed by atoms with Crippen molar-refractivity contribution in [1.29, 1.82) is 0 Å². The SMILES string of the molecule is Cc1cc(I)ccc1Nc1cc(Cl)ccc1C(=O)O.Cc1cc(I)ccc1Nc1ccccc1C(=O)O. The molecule has 4 aromatic carbocycles. The van der Waals surface area contributed by atoms with Gasteiger partial charge in [0.2, 0.25) is 0 Å². The molecule has 0 aliphatic rings. The zero-order valence-corrected chi connectivity index (χ0v) is 24.9. The number of aromatic carboxylic acids is 2. The van der Waals surface area contributed by atoms with E-state index in [0.29, 0.717) is 16.4 Å². The Morgan fingerprint density at radius 2 is 1.14 bits per heavy atom. The van der Waals surface area contributed by atoms with E-state index in [2.05, 4.69) is 55.8 Å². The molecular weight excluding hydrogens is 718 g/mol. The zero-order valence-electron chi connectivity index (χ0n) is 19.9. The number of carbonyl (C=O) groups is 2. The van der Waals surface area contributed by atoms with Crippen molar-refractivity contribution in [2.75, 3.05) is 10.6 Å². The first kappa shape index (κ1) is 28.7. The van der Waals surface area contributed by atoms with E-state index >= 15 is 0 Å². The number of nitrogens with one attached hydrogen (secondary N) is 2. The van der Waals surface area contributed by atoms with Crippen LogP contribution in [-0.2, 0) is 0 Å². The molecule has 0 saturated heterocycles. The molecule has 4 N–H and O–H groups in total. The van der Waals surface area contributed by atoms with Crippen molar-refractivity contribution in [3.63, 3.8) is 0 Å². The second-order valence-corrected chi connectivity index (χ2v) is 10.9. The Morgan fingerprint density at radius 1 is 0.649 bits per heavy atom. The van der Waals surface area contributed by atoms with E-state index < -0.39 is 11.9 Å². The summed E-state index contributed by atoms with van der Waals surface area (Å²) < 4.78 is 2.28. The van der Waals surface area contributed by atoms with Crippen LogP contribution in [0.3, 0.4) is 0 Å². The van der Waals surface area contributed by atoms with Gasteiger partial charge in [-0.25, -0.2) is 9.59 Å². The molecule has 0 heterocycles. The maximum Gasteiger partial charge on any atom is 0.337 e. The van der Waals surface area contributed by atoms with Crippen LogP contribution < -0.4 is 10.6 Å². The average molecular weight is 741 g/mol. The van der Waals surface area contributed by atoms with E-state index in [1.807, 2.05) is 56.3 Å². The lowest BCUT2D eigenvalue weighted by Gasteiger charge is -2.12. The van der Waals surface area contributed by atoms with Gasteiger partial charge in [-0.15, -0.1) is 0 Å². The fraction of sp³-hybridized carbons (Fsp3) is 0.0714. The first-order chi connectivity index (χ1) is 17.5. The highest BCUT2D eigenvalue weighted by Crippen LogP contribution is 2.28. The molecule has 0 bridgehead atoms. The monoisotopic (exact) mass is 740 g/mol. The summed E-state index contributed by atoms with van der Waals surface area (Å²) in [5, 5.41) is 25.1. The predicted octanol–water partition coefficient (Wildman–Crippen LogP) is 8.74. The quantitative estimate of drug-likeness (QED) is 0.148. The fourth-order valence-electron chi connectivity index (χ4n) is 3.41. The lowest BCUT2D eigenvalue weighted by atomic mass is 10.1. The molecule has 0 aliphatic heterocycles. The minimum absolute atomic E-state index is 0.197. The van der Waals surface area contributed by atoms with Crippen molar-refractivity contribution < 1.29 is 19.8 Å². The number of hydrogen-bond donors (Lipinski definition) is 4. The Bertz CT molecular complexity index is 1460. The van der Waals surface area contributed by atoms with Gasteiger partial charge in [-0.05, 0) is 137 Å². The van der Waals surface area contributed by atoms with Gasteiger partial charge in [-0.2, -0.15) is 0 Å². The highest BCUT2D eigenvalue weighted by molar-refractivity contribution is 14.1. The molecule has 0 unspecified atom stereocenters. The summed E-state index contributed by atoms with van der Waals surface area (Å²) in [7, 11) is 0. The van der Waals surface area contributed by atoms with Crippen molar-refractivity contribution >= 4 is 91.5 Å². The van der Waals surface area contributed by atoms with E-state index in [0.717, 1.165) is 29.6 Å². The van der Waals surface area contributed by atoms with Crippen LogP contribution in [-0.4, -0.2) is 22.2 Å². The fourth-order valence-corrected chi connectivity index (χ4v) is 4.88. The molecule has 0 spiro atoms. The summed E-state index contributed by atoms with van der Waals surface area (Å²) in [6.07, 6.45) is 0. The van der Waals surface area contributed by atoms with Crippen LogP contribution in [0.2, 0.25) is 5.02 Å². The Morgan fingerprint density at radius 3 is 1.65 bits per heavy atom. The van der Waals surface area contributed by atoms with Gasteiger partial charge in [-0.3, -0.25) is 0 Å². The topological polar surface area (TPSA) is 98.7 Å². The van der Waals surface area contributed by atoms with Crippen molar-refractivity contribution in [3.8, 4) is 0 Å². The summed E-state index contributed by atoms with van der Waals surface area (Å²) in [5.41, 5.74) is 5.48. The maximum atomic E-state index is 11.2. The molecule has 0 aromatic heterocycles. The van der Waals surface area contributed by atoms with Gasteiger partial charge in [0, 0.05) is 23.5 Å². The Labute approximate surface area is 247 Å². The third-order valence-corrected chi connectivity index (χ3v) is 6.86. The summed E-state index contributed by atoms with van der Waals surface area (Å²) in [6.45, 7) is 3.96. The number of halogens is 3. The van der Waals surface area contributed by atoms with Crippen molar-refractivity contribution in [1.82, 2.24) is 0 Å².